The van der Waals surface area contributed by atoms with E-state index in [1.807, 2.05) is 0 Å². The van der Waals surface area contributed by atoms with E-state index in [1.165, 1.54) is 12.8 Å². The van der Waals surface area contributed by atoms with Gasteiger partial charge >= 0.3 is 0 Å². The largest absolute Gasteiger partial charge is 0.356 e. The Balaban J connectivity index is 1.39. The Morgan fingerprint density at radius 2 is 1.77 bits per heavy atom. The first-order chi connectivity index (χ1) is 14.0. The fourth-order valence-corrected chi connectivity index (χ4v) is 8.90. The topological polar surface area (TPSA) is 85.1 Å². The van der Waals surface area contributed by atoms with Crippen LogP contribution in [0.5, 0.6) is 0 Å². The van der Waals surface area contributed by atoms with Crippen molar-refractivity contribution < 1.29 is 19.9 Å². The summed E-state index contributed by atoms with van der Waals surface area (Å²) >= 11 is 0. The lowest BCUT2D eigenvalue weighted by Gasteiger charge is -2.62. The van der Waals surface area contributed by atoms with Gasteiger partial charge in [0.25, 0.3) is 5.09 Å². The molecule has 1 heterocycles. The zero-order valence-corrected chi connectivity index (χ0v) is 18.9. The molecule has 5 unspecified atom stereocenters. The zero-order valence-electron chi connectivity index (χ0n) is 18.9. The van der Waals surface area contributed by atoms with Crippen molar-refractivity contribution in [1.29, 1.82) is 0 Å². The van der Waals surface area contributed by atoms with Gasteiger partial charge in [-0.25, -0.2) is 0 Å². The van der Waals surface area contributed by atoms with Crippen molar-refractivity contribution >= 4 is 0 Å². The van der Waals surface area contributed by atoms with Crippen molar-refractivity contribution in [3.8, 4) is 0 Å². The molecular weight excluding hydrogens is 384 g/mol. The monoisotopic (exact) mass is 422 g/mol. The SMILES string of the molecule is CC1(C)COC2(CCC3C4CCC5C[C@H](O[N+](=O)[O-])CC[C@]5(C)C4CC[C@@]32C)N1O. The van der Waals surface area contributed by atoms with Crippen LogP contribution in [0, 0.1) is 44.6 Å². The maximum Gasteiger partial charge on any atom is 0.294 e. The maximum atomic E-state index is 11.2. The first kappa shape index (κ1) is 21.0. The molecule has 5 fully saturated rings. The van der Waals surface area contributed by atoms with Gasteiger partial charge in [-0.15, -0.1) is 10.1 Å². The van der Waals surface area contributed by atoms with E-state index < -0.39 is 10.8 Å². The van der Waals surface area contributed by atoms with Crippen LogP contribution in [0.15, 0.2) is 0 Å². The lowest BCUT2D eigenvalue weighted by atomic mass is 9.44. The third-order valence-electron chi connectivity index (χ3n) is 10.5. The normalized spacial score (nSPS) is 52.5. The second-order valence-corrected chi connectivity index (χ2v) is 12.1. The number of rotatable bonds is 2. The van der Waals surface area contributed by atoms with Gasteiger partial charge in [0, 0.05) is 5.41 Å². The van der Waals surface area contributed by atoms with E-state index in [1.54, 1.807) is 5.06 Å². The summed E-state index contributed by atoms with van der Waals surface area (Å²) in [6.45, 7) is 9.56. The lowest BCUT2D eigenvalue weighted by molar-refractivity contribution is -0.770. The third-order valence-corrected chi connectivity index (χ3v) is 10.5. The molecule has 1 N–H and O–H groups in total. The first-order valence-corrected chi connectivity index (χ1v) is 12.0. The van der Waals surface area contributed by atoms with Crippen LogP contribution in [0.2, 0.25) is 0 Å². The fourth-order valence-electron chi connectivity index (χ4n) is 8.90. The number of hydrogen-bond donors (Lipinski definition) is 1. The standard InChI is InChI=1S/C23H38N2O5/c1-20(2)14-29-23(24(20)26)12-9-19-17-6-5-15-13-16(30-25(27)28)7-10-21(15,3)18(17)8-11-22(19,23)4/h15-19,26H,5-14H2,1-4H3/t15?,16-,17?,18?,19?,21+,22+,23?/m1/s1. The Bertz CT molecular complexity index is 730. The average molecular weight is 423 g/mol. The van der Waals surface area contributed by atoms with Gasteiger partial charge in [-0.1, -0.05) is 13.8 Å². The van der Waals surface area contributed by atoms with E-state index in [9.17, 15) is 15.3 Å². The molecule has 1 aliphatic heterocycles. The van der Waals surface area contributed by atoms with Crippen LogP contribution >= 0.6 is 0 Å². The molecule has 1 saturated heterocycles. The molecule has 0 aromatic rings. The molecule has 7 heteroatoms. The molecule has 8 atom stereocenters. The molecule has 170 valence electrons. The summed E-state index contributed by atoms with van der Waals surface area (Å²) < 4.78 is 6.46. The van der Waals surface area contributed by atoms with Crippen molar-refractivity contribution in [2.75, 3.05) is 6.61 Å². The molecule has 0 bridgehead atoms. The molecule has 5 aliphatic rings. The molecule has 0 aromatic heterocycles. The van der Waals surface area contributed by atoms with Crippen LogP contribution in [0.4, 0.5) is 0 Å². The molecule has 4 aliphatic carbocycles. The van der Waals surface area contributed by atoms with Gasteiger partial charge in [0.15, 0.2) is 0 Å². The molecule has 4 saturated carbocycles. The van der Waals surface area contributed by atoms with Crippen LogP contribution in [-0.4, -0.2) is 39.3 Å². The van der Waals surface area contributed by atoms with Gasteiger partial charge in [-0.2, -0.15) is 5.06 Å². The Hall–Kier alpha value is -0.920. The molecule has 0 radical (unpaired) electrons. The molecule has 1 spiro atoms. The second kappa shape index (κ2) is 6.55. The smallest absolute Gasteiger partial charge is 0.294 e. The maximum absolute atomic E-state index is 11.2. The van der Waals surface area contributed by atoms with Crippen LogP contribution in [-0.2, 0) is 9.57 Å². The van der Waals surface area contributed by atoms with Gasteiger partial charge < -0.3 is 14.8 Å². The average Bonchev–Trinajstić information content (AvgIpc) is 3.11. The minimum absolute atomic E-state index is 0.0220. The minimum atomic E-state index is -0.604. The van der Waals surface area contributed by atoms with Crippen molar-refractivity contribution in [2.24, 2.45) is 34.5 Å². The predicted molar refractivity (Wildman–Crippen MR) is 110 cm³/mol. The summed E-state index contributed by atoms with van der Waals surface area (Å²) in [6.07, 6.45) is 9.06. The van der Waals surface area contributed by atoms with Crippen molar-refractivity contribution in [3.63, 3.8) is 0 Å². The van der Waals surface area contributed by atoms with Crippen molar-refractivity contribution in [2.45, 2.75) is 103 Å². The molecular formula is C23H38N2O5. The van der Waals surface area contributed by atoms with Crippen molar-refractivity contribution in [3.05, 3.63) is 10.1 Å². The third kappa shape index (κ3) is 2.61. The Kier molecular flexibility index (Phi) is 4.57. The van der Waals surface area contributed by atoms with Gasteiger partial charge in [0.2, 0.25) is 0 Å². The summed E-state index contributed by atoms with van der Waals surface area (Å²) in [5.74, 6) is 2.43. The summed E-state index contributed by atoms with van der Waals surface area (Å²) in [5.41, 5.74) is -0.647. The number of hydrogen-bond acceptors (Lipinski definition) is 6. The van der Waals surface area contributed by atoms with E-state index >= 15 is 0 Å². The number of ether oxygens (including phenoxy) is 1. The summed E-state index contributed by atoms with van der Waals surface area (Å²) in [6, 6.07) is 0. The Labute approximate surface area is 179 Å². The molecule has 5 rings (SSSR count). The van der Waals surface area contributed by atoms with E-state index in [0.717, 1.165) is 44.9 Å². The molecule has 7 nitrogen and oxygen atoms in total. The summed E-state index contributed by atoms with van der Waals surface area (Å²) in [5, 5.41) is 23.0. The minimum Gasteiger partial charge on any atom is -0.356 e. The lowest BCUT2D eigenvalue weighted by Crippen LogP contribution is -2.62. The molecule has 0 amide bonds. The van der Waals surface area contributed by atoms with E-state index in [-0.39, 0.29) is 22.5 Å². The zero-order chi connectivity index (χ0) is 21.5. The van der Waals surface area contributed by atoms with E-state index in [4.69, 9.17) is 9.57 Å². The van der Waals surface area contributed by atoms with Crippen LogP contribution in [0.25, 0.3) is 0 Å². The Morgan fingerprint density at radius 1 is 1.03 bits per heavy atom. The quantitative estimate of drug-likeness (QED) is 0.508. The summed E-state index contributed by atoms with van der Waals surface area (Å²) in [7, 11) is 0. The van der Waals surface area contributed by atoms with Gasteiger partial charge in [-0.3, -0.25) is 0 Å². The van der Waals surface area contributed by atoms with E-state index in [2.05, 4.69) is 27.7 Å². The highest BCUT2D eigenvalue weighted by molar-refractivity contribution is 5.16. The Morgan fingerprint density at radius 3 is 2.43 bits per heavy atom. The highest BCUT2D eigenvalue weighted by Crippen LogP contribution is 2.70. The number of hydroxylamine groups is 2. The van der Waals surface area contributed by atoms with Gasteiger partial charge in [0.1, 0.15) is 11.8 Å². The van der Waals surface area contributed by atoms with Gasteiger partial charge in [0.05, 0.1) is 12.1 Å². The van der Waals surface area contributed by atoms with Crippen LogP contribution in [0.1, 0.15) is 85.5 Å². The van der Waals surface area contributed by atoms with Crippen LogP contribution in [0.3, 0.4) is 0 Å². The van der Waals surface area contributed by atoms with Crippen molar-refractivity contribution in [1.82, 2.24) is 5.06 Å². The fraction of sp³-hybridized carbons (Fsp3) is 1.00. The van der Waals surface area contributed by atoms with Gasteiger partial charge in [-0.05, 0) is 101 Å². The summed E-state index contributed by atoms with van der Waals surface area (Å²) in [4.78, 5) is 15.8. The van der Waals surface area contributed by atoms with Crippen LogP contribution < -0.4 is 0 Å². The molecule has 0 aromatic carbocycles. The second-order valence-electron chi connectivity index (χ2n) is 12.1. The number of nitrogens with zero attached hydrogens (tertiary/aromatic N) is 2. The number of fused-ring (bicyclic) bond motifs is 6. The predicted octanol–water partition coefficient (Wildman–Crippen LogP) is 4.80. The first-order valence-electron chi connectivity index (χ1n) is 12.0. The highest BCUT2D eigenvalue weighted by atomic mass is 17.0. The van der Waals surface area contributed by atoms with E-state index in [0.29, 0.717) is 30.3 Å². The molecule has 30 heavy (non-hydrogen) atoms. The highest BCUT2D eigenvalue weighted by Gasteiger charge is 2.70.